The van der Waals surface area contributed by atoms with Crippen LogP contribution in [0.3, 0.4) is 0 Å². The molecule has 1 N–H and O–H groups in total. The lowest BCUT2D eigenvalue weighted by Crippen LogP contribution is -2.45. The van der Waals surface area contributed by atoms with Gasteiger partial charge in [0.2, 0.25) is 0 Å². The second-order valence-electron chi connectivity index (χ2n) is 5.97. The minimum atomic E-state index is -0.635. The largest absolute Gasteiger partial charge is 0.384 e. The molecule has 1 aromatic carbocycles. The molecule has 1 aromatic heterocycles. The summed E-state index contributed by atoms with van der Waals surface area (Å²) in [6, 6.07) is 9.13. The standard InChI is InChI=1S/C16H21NOS/c1-11-4-5-13-9-15(19-14(13)8-11)16(18)6-7-17(3)12(2)10-16/h4-5,8-9,12,18H,6-7,10H2,1-3H3. The first-order valence-corrected chi connectivity index (χ1v) is 7.73. The number of nitrogens with zero attached hydrogens (tertiary/aromatic N) is 1. The number of benzene rings is 1. The zero-order valence-electron chi connectivity index (χ0n) is 11.8. The van der Waals surface area contributed by atoms with Gasteiger partial charge in [0, 0.05) is 22.2 Å². The van der Waals surface area contributed by atoms with Gasteiger partial charge in [0.05, 0.1) is 0 Å². The Morgan fingerprint density at radius 3 is 2.89 bits per heavy atom. The van der Waals surface area contributed by atoms with Crippen molar-refractivity contribution in [3.63, 3.8) is 0 Å². The Balaban J connectivity index is 1.99. The number of aliphatic hydroxyl groups is 1. The number of hydrogen-bond acceptors (Lipinski definition) is 3. The predicted octanol–water partition coefficient (Wildman–Crippen LogP) is 3.51. The molecule has 2 atom stereocenters. The van der Waals surface area contributed by atoms with E-state index >= 15 is 0 Å². The molecule has 2 aromatic rings. The molecule has 0 saturated carbocycles. The second-order valence-corrected chi connectivity index (χ2v) is 7.05. The van der Waals surface area contributed by atoms with E-state index in [1.54, 1.807) is 11.3 Å². The number of rotatable bonds is 1. The molecular formula is C16H21NOS. The maximum Gasteiger partial charge on any atom is 0.101 e. The van der Waals surface area contributed by atoms with Crippen LogP contribution in [-0.4, -0.2) is 29.6 Å². The van der Waals surface area contributed by atoms with Gasteiger partial charge in [-0.15, -0.1) is 11.3 Å². The SMILES string of the molecule is Cc1ccc2cc(C3(O)CCN(C)C(C)C3)sc2c1. The van der Waals surface area contributed by atoms with E-state index in [1.165, 1.54) is 15.6 Å². The minimum absolute atomic E-state index is 0.436. The lowest BCUT2D eigenvalue weighted by Gasteiger charge is -2.40. The summed E-state index contributed by atoms with van der Waals surface area (Å²) in [5, 5.41) is 12.2. The Hall–Kier alpha value is -0.900. The van der Waals surface area contributed by atoms with Crippen molar-refractivity contribution in [3.05, 3.63) is 34.7 Å². The van der Waals surface area contributed by atoms with Gasteiger partial charge in [-0.05, 0) is 56.8 Å². The van der Waals surface area contributed by atoms with E-state index in [-0.39, 0.29) is 0 Å². The fourth-order valence-electron chi connectivity index (χ4n) is 2.92. The van der Waals surface area contributed by atoms with Crippen LogP contribution in [0.1, 0.15) is 30.2 Å². The number of thiophene rings is 1. The van der Waals surface area contributed by atoms with Crippen molar-refractivity contribution in [1.82, 2.24) is 4.90 Å². The van der Waals surface area contributed by atoms with Gasteiger partial charge in [0.1, 0.15) is 5.60 Å². The third-order valence-electron chi connectivity index (χ3n) is 4.40. The zero-order chi connectivity index (χ0) is 13.6. The highest BCUT2D eigenvalue weighted by molar-refractivity contribution is 7.19. The average molecular weight is 275 g/mol. The summed E-state index contributed by atoms with van der Waals surface area (Å²) in [6.07, 6.45) is 1.66. The van der Waals surface area contributed by atoms with Crippen molar-refractivity contribution in [2.75, 3.05) is 13.6 Å². The lowest BCUT2D eigenvalue weighted by atomic mass is 9.86. The molecule has 3 heteroatoms. The molecule has 2 unspecified atom stereocenters. The zero-order valence-corrected chi connectivity index (χ0v) is 12.6. The van der Waals surface area contributed by atoms with Crippen LogP contribution in [0.2, 0.25) is 0 Å². The molecule has 0 aliphatic carbocycles. The van der Waals surface area contributed by atoms with Gasteiger partial charge in [-0.25, -0.2) is 0 Å². The molecule has 0 amide bonds. The van der Waals surface area contributed by atoms with Crippen LogP contribution in [-0.2, 0) is 5.60 Å². The average Bonchev–Trinajstić information content (AvgIpc) is 2.78. The number of aryl methyl sites for hydroxylation is 1. The fourth-order valence-corrected chi connectivity index (χ4v) is 4.21. The topological polar surface area (TPSA) is 23.5 Å². The van der Waals surface area contributed by atoms with Gasteiger partial charge >= 0.3 is 0 Å². The van der Waals surface area contributed by atoms with E-state index in [0.29, 0.717) is 6.04 Å². The van der Waals surface area contributed by atoms with Crippen molar-refractivity contribution in [2.24, 2.45) is 0 Å². The van der Waals surface area contributed by atoms with E-state index in [4.69, 9.17) is 0 Å². The van der Waals surface area contributed by atoms with Gasteiger partial charge in [-0.3, -0.25) is 0 Å². The molecule has 1 aliphatic rings. The maximum atomic E-state index is 11.0. The molecule has 19 heavy (non-hydrogen) atoms. The molecule has 3 rings (SSSR count). The molecule has 1 fully saturated rings. The summed E-state index contributed by atoms with van der Waals surface area (Å²) >= 11 is 1.75. The lowest BCUT2D eigenvalue weighted by molar-refractivity contribution is -0.0380. The number of fused-ring (bicyclic) bond motifs is 1. The maximum absolute atomic E-state index is 11.0. The summed E-state index contributed by atoms with van der Waals surface area (Å²) in [4.78, 5) is 3.46. The summed E-state index contributed by atoms with van der Waals surface area (Å²) in [5.74, 6) is 0. The van der Waals surface area contributed by atoms with Crippen molar-refractivity contribution in [3.8, 4) is 0 Å². The first-order valence-electron chi connectivity index (χ1n) is 6.91. The van der Waals surface area contributed by atoms with Gasteiger partial charge < -0.3 is 10.0 Å². The second kappa shape index (κ2) is 4.58. The molecule has 2 nitrogen and oxygen atoms in total. The van der Waals surface area contributed by atoms with Crippen LogP contribution in [0.25, 0.3) is 10.1 Å². The van der Waals surface area contributed by atoms with E-state index in [0.717, 1.165) is 24.3 Å². The first kappa shape index (κ1) is 13.1. The van der Waals surface area contributed by atoms with Crippen molar-refractivity contribution in [2.45, 2.75) is 38.3 Å². The molecule has 0 spiro atoms. The van der Waals surface area contributed by atoms with Crippen molar-refractivity contribution in [1.29, 1.82) is 0 Å². The summed E-state index contributed by atoms with van der Waals surface area (Å²) in [6.45, 7) is 5.28. The Bertz CT molecular complexity index is 606. The summed E-state index contributed by atoms with van der Waals surface area (Å²) in [5.41, 5.74) is 0.647. The normalized spacial score (nSPS) is 28.9. The Morgan fingerprint density at radius 1 is 1.37 bits per heavy atom. The molecule has 1 saturated heterocycles. The summed E-state index contributed by atoms with van der Waals surface area (Å²) in [7, 11) is 2.14. The van der Waals surface area contributed by atoms with E-state index in [2.05, 4.69) is 50.1 Å². The van der Waals surface area contributed by atoms with E-state index in [1.807, 2.05) is 0 Å². The smallest absolute Gasteiger partial charge is 0.101 e. The van der Waals surface area contributed by atoms with Crippen LogP contribution in [0, 0.1) is 6.92 Å². The van der Waals surface area contributed by atoms with Crippen LogP contribution in [0.5, 0.6) is 0 Å². The third kappa shape index (κ3) is 2.31. The Kier molecular flexibility index (Phi) is 3.16. The quantitative estimate of drug-likeness (QED) is 0.861. The highest BCUT2D eigenvalue weighted by Crippen LogP contribution is 2.41. The van der Waals surface area contributed by atoms with Crippen LogP contribution < -0.4 is 0 Å². The molecule has 102 valence electrons. The highest BCUT2D eigenvalue weighted by atomic mass is 32.1. The summed E-state index contributed by atoms with van der Waals surface area (Å²) < 4.78 is 1.29. The Morgan fingerprint density at radius 2 is 2.16 bits per heavy atom. The molecule has 1 aliphatic heterocycles. The van der Waals surface area contributed by atoms with Crippen LogP contribution in [0.4, 0.5) is 0 Å². The fraction of sp³-hybridized carbons (Fsp3) is 0.500. The number of piperidine rings is 1. The van der Waals surface area contributed by atoms with Gasteiger partial charge in [0.25, 0.3) is 0 Å². The van der Waals surface area contributed by atoms with Gasteiger partial charge in [-0.2, -0.15) is 0 Å². The predicted molar refractivity (Wildman–Crippen MR) is 81.8 cm³/mol. The molecular weight excluding hydrogens is 254 g/mol. The molecule has 2 heterocycles. The number of hydrogen-bond donors (Lipinski definition) is 1. The Labute approximate surface area is 118 Å². The van der Waals surface area contributed by atoms with Crippen LogP contribution >= 0.6 is 11.3 Å². The monoisotopic (exact) mass is 275 g/mol. The first-order chi connectivity index (χ1) is 8.98. The number of likely N-dealkylation sites (tertiary alicyclic amines) is 1. The molecule has 0 bridgehead atoms. The van der Waals surface area contributed by atoms with Crippen LogP contribution in [0.15, 0.2) is 24.3 Å². The van der Waals surface area contributed by atoms with E-state index < -0.39 is 5.60 Å². The highest BCUT2D eigenvalue weighted by Gasteiger charge is 2.37. The van der Waals surface area contributed by atoms with Gasteiger partial charge in [0.15, 0.2) is 0 Å². The molecule has 0 radical (unpaired) electrons. The minimum Gasteiger partial charge on any atom is -0.384 e. The van der Waals surface area contributed by atoms with Gasteiger partial charge in [-0.1, -0.05) is 12.1 Å². The van der Waals surface area contributed by atoms with Crippen molar-refractivity contribution < 1.29 is 5.11 Å². The van der Waals surface area contributed by atoms with Crippen molar-refractivity contribution >= 4 is 21.4 Å². The van der Waals surface area contributed by atoms with E-state index in [9.17, 15) is 5.11 Å². The third-order valence-corrected chi connectivity index (χ3v) is 5.69.